The molecule has 0 spiro atoms. The lowest BCUT2D eigenvalue weighted by molar-refractivity contribution is 0.134. The summed E-state index contributed by atoms with van der Waals surface area (Å²) in [6.07, 6.45) is 3.64. The van der Waals surface area contributed by atoms with Crippen molar-refractivity contribution in [2.45, 2.75) is 39.2 Å². The van der Waals surface area contributed by atoms with E-state index < -0.39 is 0 Å². The zero-order valence-corrected chi connectivity index (χ0v) is 13.6. The molecule has 0 bridgehead atoms. The lowest BCUT2D eigenvalue weighted by atomic mass is 9.80. The number of nitrogens with one attached hydrogen (secondary N) is 1. The molecule has 3 heteroatoms. The Morgan fingerprint density at radius 1 is 1.33 bits per heavy atom. The van der Waals surface area contributed by atoms with E-state index in [4.69, 9.17) is 4.74 Å². The molecule has 1 N–H and O–H groups in total. The van der Waals surface area contributed by atoms with Crippen molar-refractivity contribution in [3.05, 3.63) is 29.3 Å². The molecule has 0 radical (unpaired) electrons. The average molecular weight is 288 g/mol. The average Bonchev–Trinajstić information content (AvgIpc) is 2.96. The van der Waals surface area contributed by atoms with Crippen LogP contribution in [0.1, 0.15) is 43.9 Å². The van der Waals surface area contributed by atoms with E-state index in [-0.39, 0.29) is 0 Å². The van der Waals surface area contributed by atoms with E-state index in [2.05, 4.69) is 49.3 Å². The van der Waals surface area contributed by atoms with Gasteiger partial charge in [0.25, 0.3) is 0 Å². The van der Waals surface area contributed by atoms with Crippen molar-refractivity contribution < 1.29 is 4.74 Å². The van der Waals surface area contributed by atoms with Crippen LogP contribution in [0.2, 0.25) is 0 Å². The minimum absolute atomic E-state index is 0.410. The number of rotatable bonds is 4. The second-order valence-electron chi connectivity index (χ2n) is 7.18. The normalized spacial score (nSPS) is 22.6. The van der Waals surface area contributed by atoms with Gasteiger partial charge >= 0.3 is 0 Å². The van der Waals surface area contributed by atoms with Crippen LogP contribution in [0, 0.1) is 5.41 Å². The van der Waals surface area contributed by atoms with Crippen LogP contribution in [0.15, 0.2) is 18.2 Å². The van der Waals surface area contributed by atoms with Gasteiger partial charge in [-0.15, -0.1) is 0 Å². The summed E-state index contributed by atoms with van der Waals surface area (Å²) in [5.41, 5.74) is 3.20. The Morgan fingerprint density at radius 3 is 2.86 bits per heavy atom. The van der Waals surface area contributed by atoms with Gasteiger partial charge in [-0.3, -0.25) is 0 Å². The van der Waals surface area contributed by atoms with Crippen molar-refractivity contribution in [1.29, 1.82) is 0 Å². The van der Waals surface area contributed by atoms with Crippen LogP contribution >= 0.6 is 0 Å². The van der Waals surface area contributed by atoms with Crippen LogP contribution in [0.3, 0.4) is 0 Å². The number of fused-ring (bicyclic) bond motifs is 1. The van der Waals surface area contributed by atoms with Crippen molar-refractivity contribution in [3.8, 4) is 5.75 Å². The predicted octanol–water partition coefficient (Wildman–Crippen LogP) is 3.00. The Labute approximate surface area is 128 Å². The molecule has 1 aromatic carbocycles. The molecule has 0 aromatic heterocycles. The maximum atomic E-state index is 5.59. The second kappa shape index (κ2) is 5.98. The summed E-state index contributed by atoms with van der Waals surface area (Å²) in [7, 11) is 2.22. The Kier molecular flexibility index (Phi) is 4.23. The van der Waals surface area contributed by atoms with Crippen molar-refractivity contribution in [2.75, 3.05) is 33.3 Å². The summed E-state index contributed by atoms with van der Waals surface area (Å²) >= 11 is 0. The zero-order chi connectivity index (χ0) is 14.9. The molecule has 1 aromatic rings. The first-order valence-corrected chi connectivity index (χ1v) is 8.23. The summed E-state index contributed by atoms with van der Waals surface area (Å²) in [5, 5.41) is 3.76. The van der Waals surface area contributed by atoms with E-state index in [9.17, 15) is 0 Å². The molecule has 0 saturated carbocycles. The smallest absolute Gasteiger partial charge is 0.122 e. The van der Waals surface area contributed by atoms with Gasteiger partial charge < -0.3 is 15.0 Å². The summed E-state index contributed by atoms with van der Waals surface area (Å²) in [6.45, 7) is 9.10. The fourth-order valence-corrected chi connectivity index (χ4v) is 3.33. The summed E-state index contributed by atoms with van der Waals surface area (Å²) in [5.74, 6) is 1.08. The third kappa shape index (κ3) is 3.41. The molecule has 3 nitrogen and oxygen atoms in total. The van der Waals surface area contributed by atoms with E-state index in [1.54, 1.807) is 0 Å². The monoisotopic (exact) mass is 288 g/mol. The van der Waals surface area contributed by atoms with Crippen molar-refractivity contribution in [2.24, 2.45) is 5.41 Å². The highest BCUT2D eigenvalue weighted by atomic mass is 16.5. The molecule has 0 aliphatic carbocycles. The number of ether oxygens (including phenoxy) is 1. The molecule has 1 unspecified atom stereocenters. The van der Waals surface area contributed by atoms with Gasteiger partial charge in [0, 0.05) is 19.0 Å². The number of likely N-dealkylation sites (tertiary alicyclic amines) is 1. The van der Waals surface area contributed by atoms with Crippen LogP contribution in [-0.2, 0) is 6.42 Å². The van der Waals surface area contributed by atoms with Gasteiger partial charge in [0.2, 0.25) is 0 Å². The number of hydrogen-bond acceptors (Lipinski definition) is 3. The minimum atomic E-state index is 0.410. The standard InChI is InChI=1S/C18H28N2O/c1-14(15-4-5-17-16(12-15)6-11-21-17)19-13-18(2)7-9-20(3)10-8-18/h4-5,12,14,19H,6-11,13H2,1-3H3. The Hall–Kier alpha value is -1.06. The van der Waals surface area contributed by atoms with Crippen LogP contribution < -0.4 is 10.1 Å². The molecule has 2 aliphatic rings. The fraction of sp³-hybridized carbons (Fsp3) is 0.667. The van der Waals surface area contributed by atoms with E-state index in [1.165, 1.54) is 37.1 Å². The van der Waals surface area contributed by atoms with Gasteiger partial charge in [0.15, 0.2) is 0 Å². The van der Waals surface area contributed by atoms with E-state index in [0.29, 0.717) is 11.5 Å². The third-order valence-electron chi connectivity index (χ3n) is 5.24. The fourth-order valence-electron chi connectivity index (χ4n) is 3.33. The molecule has 0 amide bonds. The quantitative estimate of drug-likeness (QED) is 0.922. The molecule has 21 heavy (non-hydrogen) atoms. The summed E-state index contributed by atoms with van der Waals surface area (Å²) in [6, 6.07) is 7.07. The van der Waals surface area contributed by atoms with E-state index in [1.807, 2.05) is 0 Å². The van der Waals surface area contributed by atoms with Gasteiger partial charge in [-0.05, 0) is 62.5 Å². The van der Waals surface area contributed by atoms with Gasteiger partial charge in [-0.25, -0.2) is 0 Å². The maximum absolute atomic E-state index is 5.59. The Bertz CT molecular complexity index is 492. The van der Waals surface area contributed by atoms with Gasteiger partial charge in [-0.1, -0.05) is 19.1 Å². The lowest BCUT2D eigenvalue weighted by Crippen LogP contribution is -2.42. The SMILES string of the molecule is CC(NCC1(C)CCN(C)CC1)c1ccc2c(c1)CCO2. The molecule has 1 atom stereocenters. The zero-order valence-electron chi connectivity index (χ0n) is 13.6. The maximum Gasteiger partial charge on any atom is 0.122 e. The topological polar surface area (TPSA) is 24.5 Å². The highest BCUT2D eigenvalue weighted by Gasteiger charge is 2.29. The van der Waals surface area contributed by atoms with Crippen LogP contribution in [-0.4, -0.2) is 38.2 Å². The number of hydrogen-bond donors (Lipinski definition) is 1. The number of benzene rings is 1. The molecular weight excluding hydrogens is 260 g/mol. The molecule has 3 rings (SSSR count). The molecule has 1 saturated heterocycles. The molecular formula is C18H28N2O. The van der Waals surface area contributed by atoms with Crippen molar-refractivity contribution >= 4 is 0 Å². The van der Waals surface area contributed by atoms with Gasteiger partial charge in [0.05, 0.1) is 6.61 Å². The van der Waals surface area contributed by atoms with Gasteiger partial charge in [-0.2, -0.15) is 0 Å². The first-order chi connectivity index (χ1) is 10.1. The summed E-state index contributed by atoms with van der Waals surface area (Å²) < 4.78 is 5.59. The largest absolute Gasteiger partial charge is 0.493 e. The Balaban J connectivity index is 1.58. The highest BCUT2D eigenvalue weighted by Crippen LogP contribution is 2.31. The van der Waals surface area contributed by atoms with Crippen LogP contribution in [0.5, 0.6) is 5.75 Å². The molecule has 116 valence electrons. The lowest BCUT2D eigenvalue weighted by Gasteiger charge is -2.38. The van der Waals surface area contributed by atoms with E-state index in [0.717, 1.165) is 25.3 Å². The second-order valence-corrected chi connectivity index (χ2v) is 7.18. The number of nitrogens with zero attached hydrogens (tertiary/aromatic N) is 1. The minimum Gasteiger partial charge on any atom is -0.493 e. The highest BCUT2D eigenvalue weighted by molar-refractivity contribution is 5.40. The molecule has 2 heterocycles. The van der Waals surface area contributed by atoms with Gasteiger partial charge in [0.1, 0.15) is 5.75 Å². The summed E-state index contributed by atoms with van der Waals surface area (Å²) in [4.78, 5) is 2.44. The van der Waals surface area contributed by atoms with Crippen molar-refractivity contribution in [3.63, 3.8) is 0 Å². The van der Waals surface area contributed by atoms with E-state index >= 15 is 0 Å². The van der Waals surface area contributed by atoms with Crippen LogP contribution in [0.4, 0.5) is 0 Å². The molecule has 1 fully saturated rings. The first-order valence-electron chi connectivity index (χ1n) is 8.23. The van der Waals surface area contributed by atoms with Crippen LogP contribution in [0.25, 0.3) is 0 Å². The van der Waals surface area contributed by atoms with Crippen molar-refractivity contribution in [1.82, 2.24) is 10.2 Å². The molecule has 2 aliphatic heterocycles. The number of piperidine rings is 1. The third-order valence-corrected chi connectivity index (χ3v) is 5.24. The Morgan fingerprint density at radius 2 is 2.10 bits per heavy atom. The predicted molar refractivity (Wildman–Crippen MR) is 86.9 cm³/mol. The first kappa shape index (κ1) is 14.9.